The molecule has 0 aliphatic carbocycles. The monoisotopic (exact) mass is 207 g/mol. The van der Waals surface area contributed by atoms with Gasteiger partial charge < -0.3 is 10.8 Å². The molecule has 1 rings (SSSR count). The molecule has 0 aliphatic rings. The number of benzene rings is 1. The standard InChI is InChI=1S/C11H13NO3/c12-11(15)6-5-10(14)9-3-1-8(7-13)2-4-9/h1-4,13H,5-7H2,(H2,12,15). The number of rotatable bonds is 5. The number of carbonyl (C=O) groups excluding carboxylic acids is 2. The zero-order valence-corrected chi connectivity index (χ0v) is 8.27. The second kappa shape index (κ2) is 5.26. The highest BCUT2D eigenvalue weighted by atomic mass is 16.3. The second-order valence-electron chi connectivity index (χ2n) is 3.24. The average Bonchev–Trinajstić information content (AvgIpc) is 2.26. The number of ketones is 1. The Bertz CT molecular complexity index is 357. The summed E-state index contributed by atoms with van der Waals surface area (Å²) >= 11 is 0. The molecule has 1 amide bonds. The Hall–Kier alpha value is -1.68. The summed E-state index contributed by atoms with van der Waals surface area (Å²) in [5.41, 5.74) is 6.23. The van der Waals surface area contributed by atoms with Gasteiger partial charge in [0, 0.05) is 18.4 Å². The van der Waals surface area contributed by atoms with Crippen molar-refractivity contribution in [3.8, 4) is 0 Å². The maximum absolute atomic E-state index is 11.5. The van der Waals surface area contributed by atoms with Crippen LogP contribution >= 0.6 is 0 Å². The molecule has 0 spiro atoms. The summed E-state index contributed by atoms with van der Waals surface area (Å²) in [4.78, 5) is 22.0. The van der Waals surface area contributed by atoms with E-state index in [1.807, 2.05) is 0 Å². The van der Waals surface area contributed by atoms with E-state index in [4.69, 9.17) is 10.8 Å². The Morgan fingerprint density at radius 3 is 2.20 bits per heavy atom. The second-order valence-corrected chi connectivity index (χ2v) is 3.24. The van der Waals surface area contributed by atoms with E-state index in [0.717, 1.165) is 5.56 Å². The highest BCUT2D eigenvalue weighted by Crippen LogP contribution is 2.08. The van der Waals surface area contributed by atoms with Gasteiger partial charge in [-0.2, -0.15) is 0 Å². The molecule has 0 saturated heterocycles. The van der Waals surface area contributed by atoms with E-state index in [1.165, 1.54) is 0 Å². The summed E-state index contributed by atoms with van der Waals surface area (Å²) in [5.74, 6) is -0.589. The van der Waals surface area contributed by atoms with E-state index in [2.05, 4.69) is 0 Å². The largest absolute Gasteiger partial charge is 0.392 e. The van der Waals surface area contributed by atoms with Gasteiger partial charge in [0.1, 0.15) is 0 Å². The summed E-state index contributed by atoms with van der Waals surface area (Å²) in [6.07, 6.45) is 0.203. The molecule has 0 radical (unpaired) electrons. The van der Waals surface area contributed by atoms with Crippen LogP contribution in [0.15, 0.2) is 24.3 Å². The molecule has 4 heteroatoms. The molecule has 80 valence electrons. The molecular formula is C11H13NO3. The molecule has 0 heterocycles. The fourth-order valence-electron chi connectivity index (χ4n) is 1.18. The van der Waals surface area contributed by atoms with E-state index < -0.39 is 5.91 Å². The van der Waals surface area contributed by atoms with Crippen molar-refractivity contribution < 1.29 is 14.7 Å². The molecule has 1 aromatic rings. The van der Waals surface area contributed by atoms with Crippen LogP contribution in [0.1, 0.15) is 28.8 Å². The first-order valence-electron chi connectivity index (χ1n) is 4.65. The van der Waals surface area contributed by atoms with Gasteiger partial charge in [0.05, 0.1) is 6.61 Å². The first kappa shape index (κ1) is 11.4. The minimum atomic E-state index is -0.477. The van der Waals surface area contributed by atoms with Crippen molar-refractivity contribution in [1.29, 1.82) is 0 Å². The van der Waals surface area contributed by atoms with Crippen LogP contribution in [0.4, 0.5) is 0 Å². The van der Waals surface area contributed by atoms with Crippen LogP contribution in [0, 0.1) is 0 Å². The molecule has 0 fully saturated rings. The SMILES string of the molecule is NC(=O)CCC(=O)c1ccc(CO)cc1. The van der Waals surface area contributed by atoms with Gasteiger partial charge in [-0.15, -0.1) is 0 Å². The number of carbonyl (C=O) groups is 2. The highest BCUT2D eigenvalue weighted by Gasteiger charge is 2.06. The van der Waals surface area contributed by atoms with Gasteiger partial charge in [0.15, 0.2) is 5.78 Å². The quantitative estimate of drug-likeness (QED) is 0.695. The van der Waals surface area contributed by atoms with Crippen LogP contribution < -0.4 is 5.73 Å². The molecule has 3 N–H and O–H groups in total. The molecule has 0 aromatic heterocycles. The number of Topliss-reactive ketones (excluding diaryl/α,β-unsaturated/α-hetero) is 1. The van der Waals surface area contributed by atoms with Gasteiger partial charge in [-0.3, -0.25) is 9.59 Å². The normalized spacial score (nSPS) is 9.93. The topological polar surface area (TPSA) is 80.4 Å². The van der Waals surface area contributed by atoms with Crippen LogP contribution in [0.2, 0.25) is 0 Å². The first-order valence-corrected chi connectivity index (χ1v) is 4.65. The lowest BCUT2D eigenvalue weighted by Gasteiger charge is -2.00. The maximum Gasteiger partial charge on any atom is 0.217 e. The smallest absolute Gasteiger partial charge is 0.217 e. The Morgan fingerprint density at radius 1 is 1.13 bits per heavy atom. The van der Waals surface area contributed by atoms with Crippen molar-refractivity contribution in [3.63, 3.8) is 0 Å². The van der Waals surface area contributed by atoms with Crippen molar-refractivity contribution >= 4 is 11.7 Å². The van der Waals surface area contributed by atoms with E-state index in [0.29, 0.717) is 5.56 Å². The summed E-state index contributed by atoms with van der Waals surface area (Å²) < 4.78 is 0. The van der Waals surface area contributed by atoms with Gasteiger partial charge >= 0.3 is 0 Å². The van der Waals surface area contributed by atoms with Crippen LogP contribution in [-0.2, 0) is 11.4 Å². The van der Waals surface area contributed by atoms with Crippen molar-refractivity contribution in [2.24, 2.45) is 5.73 Å². The third-order valence-corrected chi connectivity index (χ3v) is 2.06. The number of hydrogen-bond acceptors (Lipinski definition) is 3. The van der Waals surface area contributed by atoms with E-state index >= 15 is 0 Å². The van der Waals surface area contributed by atoms with Crippen molar-refractivity contribution in [3.05, 3.63) is 35.4 Å². The number of amides is 1. The van der Waals surface area contributed by atoms with Crippen LogP contribution in [0.5, 0.6) is 0 Å². The lowest BCUT2D eigenvalue weighted by molar-refractivity contribution is -0.118. The zero-order chi connectivity index (χ0) is 11.3. The summed E-state index contributed by atoms with van der Waals surface area (Å²) in [6, 6.07) is 6.62. The minimum Gasteiger partial charge on any atom is -0.392 e. The van der Waals surface area contributed by atoms with Gasteiger partial charge in [0.25, 0.3) is 0 Å². The Balaban J connectivity index is 2.62. The maximum atomic E-state index is 11.5. The fourth-order valence-corrected chi connectivity index (χ4v) is 1.18. The molecule has 0 aliphatic heterocycles. The van der Waals surface area contributed by atoms with Crippen molar-refractivity contribution in [2.75, 3.05) is 0 Å². The third-order valence-electron chi connectivity index (χ3n) is 2.06. The predicted molar refractivity (Wildman–Crippen MR) is 55.1 cm³/mol. The predicted octanol–water partition coefficient (Wildman–Crippen LogP) is 0.627. The van der Waals surface area contributed by atoms with Crippen LogP contribution in [0.3, 0.4) is 0 Å². The number of primary amides is 1. The molecule has 1 aromatic carbocycles. The number of hydrogen-bond donors (Lipinski definition) is 2. The van der Waals surface area contributed by atoms with Crippen molar-refractivity contribution in [2.45, 2.75) is 19.4 Å². The minimum absolute atomic E-state index is 0.0459. The van der Waals surface area contributed by atoms with E-state index in [1.54, 1.807) is 24.3 Å². The molecule has 0 unspecified atom stereocenters. The van der Waals surface area contributed by atoms with E-state index in [-0.39, 0.29) is 25.2 Å². The summed E-state index contributed by atoms with van der Waals surface area (Å²) in [6.45, 7) is -0.0459. The zero-order valence-electron chi connectivity index (χ0n) is 8.27. The lowest BCUT2D eigenvalue weighted by atomic mass is 10.0. The Morgan fingerprint density at radius 2 is 1.73 bits per heavy atom. The Kier molecular flexibility index (Phi) is 4.00. The molecule has 15 heavy (non-hydrogen) atoms. The van der Waals surface area contributed by atoms with Crippen LogP contribution in [0.25, 0.3) is 0 Å². The number of aliphatic hydroxyl groups excluding tert-OH is 1. The summed E-state index contributed by atoms with van der Waals surface area (Å²) in [5, 5.41) is 8.80. The van der Waals surface area contributed by atoms with Crippen molar-refractivity contribution in [1.82, 2.24) is 0 Å². The molecule has 4 nitrogen and oxygen atoms in total. The fraction of sp³-hybridized carbons (Fsp3) is 0.273. The highest BCUT2D eigenvalue weighted by molar-refractivity contribution is 5.97. The lowest BCUT2D eigenvalue weighted by Crippen LogP contribution is -2.12. The van der Waals surface area contributed by atoms with Gasteiger partial charge in [0.2, 0.25) is 5.91 Å². The summed E-state index contributed by atoms with van der Waals surface area (Å²) in [7, 11) is 0. The first-order chi connectivity index (χ1) is 7.13. The van der Waals surface area contributed by atoms with Gasteiger partial charge in [-0.1, -0.05) is 24.3 Å². The number of aliphatic hydroxyl groups is 1. The Labute approximate surface area is 87.7 Å². The van der Waals surface area contributed by atoms with Gasteiger partial charge in [-0.05, 0) is 5.56 Å². The molecule has 0 bridgehead atoms. The third kappa shape index (κ3) is 3.52. The number of nitrogens with two attached hydrogens (primary N) is 1. The van der Waals surface area contributed by atoms with E-state index in [9.17, 15) is 9.59 Å². The molecule has 0 saturated carbocycles. The average molecular weight is 207 g/mol. The van der Waals surface area contributed by atoms with Gasteiger partial charge in [-0.25, -0.2) is 0 Å². The molecular weight excluding hydrogens is 194 g/mol. The molecule has 0 atom stereocenters. The van der Waals surface area contributed by atoms with Crippen LogP contribution in [-0.4, -0.2) is 16.8 Å².